The summed E-state index contributed by atoms with van der Waals surface area (Å²) < 4.78 is 27.9. The maximum atomic E-state index is 13.9. The van der Waals surface area contributed by atoms with Crippen molar-refractivity contribution in [3.05, 3.63) is 99.8 Å². The molecule has 0 saturated heterocycles. The number of aliphatic imine (C=N–C) groups is 1. The number of H-pyrrole nitrogens is 1. The van der Waals surface area contributed by atoms with E-state index in [1.807, 2.05) is 0 Å². The number of rotatable bonds is 8. The Bertz CT molecular complexity index is 1480. The third-order valence-corrected chi connectivity index (χ3v) is 5.92. The number of hydrogen-bond donors (Lipinski definition) is 4. The summed E-state index contributed by atoms with van der Waals surface area (Å²) in [5.41, 5.74) is 9.68. The van der Waals surface area contributed by atoms with Gasteiger partial charge in [-0.3, -0.25) is 9.79 Å². The van der Waals surface area contributed by atoms with E-state index < -0.39 is 23.6 Å². The number of benzene rings is 2. The van der Waals surface area contributed by atoms with E-state index in [4.69, 9.17) is 17.3 Å². The highest BCUT2D eigenvalue weighted by Gasteiger charge is 2.22. The predicted octanol–water partition coefficient (Wildman–Crippen LogP) is 4.89. The number of aromatic amines is 1. The van der Waals surface area contributed by atoms with E-state index in [1.165, 1.54) is 24.4 Å². The molecule has 0 aliphatic rings. The number of hydrogen-bond acceptors (Lipinski definition) is 5. The number of aromatic hydroxyl groups is 1. The fourth-order valence-electron chi connectivity index (χ4n) is 4.04. The second-order valence-corrected chi connectivity index (χ2v) is 8.79. The Hall–Kier alpha value is -4.24. The zero-order chi connectivity index (χ0) is 26.5. The van der Waals surface area contributed by atoms with Crippen LogP contribution in [0.15, 0.2) is 71.5 Å². The average Bonchev–Trinajstić information content (AvgIpc) is 3.23. The van der Waals surface area contributed by atoms with E-state index in [1.54, 1.807) is 43.5 Å². The number of carbonyl (C=O) groups is 1. The van der Waals surface area contributed by atoms with E-state index in [9.17, 15) is 18.7 Å². The van der Waals surface area contributed by atoms with Crippen LogP contribution in [0.4, 0.5) is 8.78 Å². The molecule has 0 aliphatic carbocycles. The molecule has 0 bridgehead atoms. The second-order valence-electron chi connectivity index (χ2n) is 8.35. The molecule has 37 heavy (non-hydrogen) atoms. The first-order valence-electron chi connectivity index (χ1n) is 11.4. The first-order valence-corrected chi connectivity index (χ1v) is 11.8. The normalized spacial score (nSPS) is 13.1. The van der Waals surface area contributed by atoms with Gasteiger partial charge >= 0.3 is 0 Å². The molecular weight excluding hydrogens is 500 g/mol. The molecule has 0 saturated carbocycles. The highest BCUT2D eigenvalue weighted by atomic mass is 35.5. The van der Waals surface area contributed by atoms with Crippen LogP contribution in [0.25, 0.3) is 16.7 Å². The van der Waals surface area contributed by atoms with Gasteiger partial charge in [0.05, 0.1) is 34.9 Å². The monoisotopic (exact) mass is 523 g/mol. The molecule has 0 radical (unpaired) electrons. The molecule has 1 amide bonds. The third-order valence-electron chi connectivity index (χ3n) is 5.66. The Morgan fingerprint density at radius 2 is 1.89 bits per heavy atom. The van der Waals surface area contributed by atoms with Crippen molar-refractivity contribution in [1.29, 1.82) is 0 Å². The number of nitrogens with two attached hydrogens (primary N) is 1. The molecule has 4 aromatic rings. The van der Waals surface area contributed by atoms with Gasteiger partial charge in [-0.25, -0.2) is 13.8 Å². The Morgan fingerprint density at radius 3 is 2.57 bits per heavy atom. The van der Waals surface area contributed by atoms with Crippen molar-refractivity contribution >= 4 is 40.5 Å². The number of amides is 1. The molecule has 7 nitrogen and oxygen atoms in total. The molecule has 190 valence electrons. The number of carbonyl (C=O) groups excluding carboxylic acids is 1. The summed E-state index contributed by atoms with van der Waals surface area (Å²) in [4.78, 5) is 24.7. The van der Waals surface area contributed by atoms with Gasteiger partial charge in [0, 0.05) is 35.1 Å². The largest absolute Gasteiger partial charge is 0.493 e. The van der Waals surface area contributed by atoms with Crippen LogP contribution in [-0.4, -0.2) is 33.2 Å². The van der Waals surface area contributed by atoms with Crippen LogP contribution in [0.2, 0.25) is 5.02 Å². The Labute approximate surface area is 216 Å². The fraction of sp³-hybridized carbons (Fsp3) is 0.148. The number of nitrogens with one attached hydrogen (secondary N) is 2. The highest BCUT2D eigenvalue weighted by Crippen LogP contribution is 2.24. The van der Waals surface area contributed by atoms with Gasteiger partial charge in [-0.2, -0.15) is 0 Å². The van der Waals surface area contributed by atoms with Crippen LogP contribution in [0.3, 0.4) is 0 Å². The first-order chi connectivity index (χ1) is 17.7. The van der Waals surface area contributed by atoms with Crippen molar-refractivity contribution in [1.82, 2.24) is 15.3 Å². The second kappa shape index (κ2) is 11.2. The summed E-state index contributed by atoms with van der Waals surface area (Å²) in [6.45, 7) is 1.69. The summed E-state index contributed by atoms with van der Waals surface area (Å²) in [6, 6.07) is 12.2. The number of pyridine rings is 1. The molecule has 2 heterocycles. The fourth-order valence-corrected chi connectivity index (χ4v) is 4.17. The smallest absolute Gasteiger partial charge is 0.225 e. The summed E-state index contributed by atoms with van der Waals surface area (Å²) in [5, 5.41) is 13.2. The van der Waals surface area contributed by atoms with E-state index in [0.717, 1.165) is 6.07 Å². The first kappa shape index (κ1) is 25.8. The maximum Gasteiger partial charge on any atom is 0.225 e. The predicted molar refractivity (Wildman–Crippen MR) is 140 cm³/mol. The molecule has 1 unspecified atom stereocenters. The zero-order valence-electron chi connectivity index (χ0n) is 19.8. The van der Waals surface area contributed by atoms with Crippen LogP contribution >= 0.6 is 11.6 Å². The van der Waals surface area contributed by atoms with Gasteiger partial charge < -0.3 is 21.1 Å². The number of fused-ring (bicyclic) bond motifs is 1. The number of nitrogens with zero attached hydrogens (tertiary/aromatic N) is 2. The van der Waals surface area contributed by atoms with E-state index in [2.05, 4.69) is 20.3 Å². The van der Waals surface area contributed by atoms with Crippen LogP contribution in [0.5, 0.6) is 5.88 Å². The van der Waals surface area contributed by atoms with Crippen LogP contribution in [0.1, 0.15) is 23.6 Å². The molecule has 5 N–H and O–H groups in total. The lowest BCUT2D eigenvalue weighted by atomic mass is 9.99. The highest BCUT2D eigenvalue weighted by molar-refractivity contribution is 6.30. The van der Waals surface area contributed by atoms with Gasteiger partial charge in [0.15, 0.2) is 0 Å². The molecule has 0 aliphatic heterocycles. The Balaban J connectivity index is 1.70. The third kappa shape index (κ3) is 6.31. The molecule has 2 aromatic carbocycles. The maximum absolute atomic E-state index is 13.9. The molecule has 0 spiro atoms. The summed E-state index contributed by atoms with van der Waals surface area (Å²) >= 11 is 6.01. The molecule has 2 aromatic heterocycles. The lowest BCUT2D eigenvalue weighted by molar-refractivity contribution is -0.120. The topological polar surface area (TPSA) is 116 Å². The summed E-state index contributed by atoms with van der Waals surface area (Å²) in [5.74, 6) is -2.04. The van der Waals surface area contributed by atoms with E-state index in [-0.39, 0.29) is 24.4 Å². The lowest BCUT2D eigenvalue weighted by Gasteiger charge is -2.22. The molecule has 0 fully saturated rings. The Morgan fingerprint density at radius 1 is 1.19 bits per heavy atom. The van der Waals surface area contributed by atoms with Crippen molar-refractivity contribution in [2.75, 3.05) is 0 Å². The van der Waals surface area contributed by atoms with Gasteiger partial charge in [0.1, 0.15) is 11.6 Å². The van der Waals surface area contributed by atoms with Gasteiger partial charge in [-0.1, -0.05) is 23.7 Å². The van der Waals surface area contributed by atoms with Crippen molar-refractivity contribution in [2.45, 2.75) is 25.8 Å². The van der Waals surface area contributed by atoms with Crippen molar-refractivity contribution in [3.8, 4) is 5.88 Å². The van der Waals surface area contributed by atoms with Crippen molar-refractivity contribution in [2.24, 2.45) is 10.7 Å². The number of aromatic nitrogens is 2. The van der Waals surface area contributed by atoms with E-state index in [0.29, 0.717) is 38.4 Å². The van der Waals surface area contributed by atoms with Gasteiger partial charge in [-0.05, 0) is 54.8 Å². The minimum Gasteiger partial charge on any atom is -0.493 e. The average molecular weight is 524 g/mol. The van der Waals surface area contributed by atoms with Crippen LogP contribution in [-0.2, 0) is 17.6 Å². The summed E-state index contributed by atoms with van der Waals surface area (Å²) in [6.07, 6.45) is 3.11. The molecule has 4 rings (SSSR count). The molecular formula is C27H24ClF2N5O2. The number of halogens is 3. The minimum absolute atomic E-state index is 0.0221. The standard InChI is InChI=1S/C27H24ClF2N5O2/c1-2-32-27(25(31)16-3-5-18(28)6-4-16)22(11-15-9-19(29)13-20(30)10-15)34-24(37)12-17-14-33-21-7-8-23(36)35-26(17)21/h2-10,13-14,22,33H,11-12,31H2,1H3,(H,34,37)(H,35,36)/b27-25-,32-2-. The van der Waals surface area contributed by atoms with Crippen LogP contribution in [0, 0.1) is 11.6 Å². The lowest BCUT2D eigenvalue weighted by Crippen LogP contribution is -2.39. The molecule has 10 heteroatoms. The van der Waals surface area contributed by atoms with E-state index >= 15 is 0 Å². The quantitative estimate of drug-likeness (QED) is 0.246. The van der Waals surface area contributed by atoms with Gasteiger partial charge in [-0.15, -0.1) is 0 Å². The summed E-state index contributed by atoms with van der Waals surface area (Å²) in [7, 11) is 0. The van der Waals surface area contributed by atoms with Gasteiger partial charge in [0.25, 0.3) is 0 Å². The zero-order valence-corrected chi connectivity index (χ0v) is 20.6. The van der Waals surface area contributed by atoms with Gasteiger partial charge in [0.2, 0.25) is 11.8 Å². The van der Waals surface area contributed by atoms with Crippen molar-refractivity contribution < 1.29 is 18.7 Å². The van der Waals surface area contributed by atoms with Crippen LogP contribution < -0.4 is 11.1 Å². The Kier molecular flexibility index (Phi) is 7.83. The minimum atomic E-state index is -0.827. The van der Waals surface area contributed by atoms with Crippen molar-refractivity contribution in [3.63, 3.8) is 0 Å². The molecule has 1 atom stereocenters. The SMILES string of the molecule is C/C=N\C(=C(/N)c1ccc(Cl)cc1)C(Cc1cc(F)cc(F)c1)NC(=O)Cc1c[nH]c2ccc(O)nc12.